The predicted octanol–water partition coefficient (Wildman–Crippen LogP) is 3.17. The van der Waals surface area contributed by atoms with Crippen molar-refractivity contribution in [3.63, 3.8) is 0 Å². The zero-order valence-electron chi connectivity index (χ0n) is 20.4. The molecule has 2 aromatic carbocycles. The molecule has 192 valence electrons. The second-order valence-corrected chi connectivity index (χ2v) is 8.91. The number of halogens is 1. The summed E-state index contributed by atoms with van der Waals surface area (Å²) >= 11 is 6.13. The minimum absolute atomic E-state index is 0.126. The molecule has 1 aliphatic heterocycles. The molecule has 0 aliphatic carbocycles. The summed E-state index contributed by atoms with van der Waals surface area (Å²) in [6.07, 6.45) is 0.518. The number of hydrogen-bond acceptors (Lipinski definition) is 6. The molecule has 2 N–H and O–H groups in total. The third-order valence-corrected chi connectivity index (χ3v) is 6.43. The summed E-state index contributed by atoms with van der Waals surface area (Å²) < 4.78 is 0. The predicted molar refractivity (Wildman–Crippen MR) is 135 cm³/mol. The van der Waals surface area contributed by atoms with Gasteiger partial charge in [-0.25, -0.2) is 4.79 Å². The normalized spacial score (nSPS) is 12.8. The number of aryl methyl sites for hydroxylation is 1. The third-order valence-electron chi connectivity index (χ3n) is 6.03. The van der Waals surface area contributed by atoms with Gasteiger partial charge >= 0.3 is 6.03 Å². The molecule has 0 saturated heterocycles. The summed E-state index contributed by atoms with van der Waals surface area (Å²) in [6.45, 7) is 1.81. The lowest BCUT2D eigenvalue weighted by Crippen LogP contribution is -2.46. The van der Waals surface area contributed by atoms with E-state index >= 15 is 0 Å². The van der Waals surface area contributed by atoms with Crippen LogP contribution in [0.1, 0.15) is 46.3 Å². The Bertz CT molecular complexity index is 1290. The lowest BCUT2D eigenvalue weighted by atomic mass is 10.1. The van der Waals surface area contributed by atoms with Gasteiger partial charge in [0, 0.05) is 36.3 Å². The largest absolute Gasteiger partial charge is 0.357 e. The Morgan fingerprint density at radius 2 is 2.00 bits per heavy atom. The van der Waals surface area contributed by atoms with Gasteiger partial charge in [-0.15, -0.1) is 0 Å². The fourth-order valence-electron chi connectivity index (χ4n) is 4.05. The summed E-state index contributed by atoms with van der Waals surface area (Å²) in [5.74, 6) is -1.40. The van der Waals surface area contributed by atoms with Gasteiger partial charge in [-0.1, -0.05) is 29.8 Å². The van der Waals surface area contributed by atoms with Crippen LogP contribution in [-0.4, -0.2) is 52.9 Å². The Balaban J connectivity index is 1.83. The van der Waals surface area contributed by atoms with Gasteiger partial charge < -0.3 is 20.3 Å². The van der Waals surface area contributed by atoms with E-state index in [0.717, 1.165) is 10.5 Å². The average molecular weight is 524 g/mol. The number of imide groups is 1. The number of nitrogens with one attached hydrogen (secondary N) is 2. The van der Waals surface area contributed by atoms with Crippen LogP contribution in [-0.2, 0) is 27.5 Å². The number of urea groups is 1. The quantitative estimate of drug-likeness (QED) is 0.484. The lowest BCUT2D eigenvalue weighted by Gasteiger charge is -2.25. The summed E-state index contributed by atoms with van der Waals surface area (Å²) in [5, 5.41) is 14.6. The highest BCUT2D eigenvalue weighted by atomic mass is 35.5. The highest BCUT2D eigenvalue weighted by Crippen LogP contribution is 2.28. The number of aldehydes is 1. The van der Waals surface area contributed by atoms with Gasteiger partial charge in [0.25, 0.3) is 5.91 Å². The van der Waals surface area contributed by atoms with Crippen LogP contribution >= 0.6 is 11.6 Å². The SMILES string of the molecule is CNC(=O)C(CCC=O)N1Cc2cc(CN(C(=O)CC#N)C(=O)Nc3ccc(C)c(Cl)c3)ccc2C1=O. The molecule has 10 nitrogen and oxygen atoms in total. The van der Waals surface area contributed by atoms with Crippen molar-refractivity contribution in [3.8, 4) is 6.07 Å². The van der Waals surface area contributed by atoms with E-state index in [1.807, 2.05) is 6.92 Å². The van der Waals surface area contributed by atoms with Crippen LogP contribution in [0, 0.1) is 18.3 Å². The molecular weight excluding hydrogens is 498 g/mol. The molecule has 0 fully saturated rings. The topological polar surface area (TPSA) is 140 Å². The first-order valence-corrected chi connectivity index (χ1v) is 11.9. The van der Waals surface area contributed by atoms with Gasteiger partial charge in [0.05, 0.1) is 12.6 Å². The zero-order chi connectivity index (χ0) is 27.1. The van der Waals surface area contributed by atoms with E-state index in [1.54, 1.807) is 42.5 Å². The first-order chi connectivity index (χ1) is 17.7. The molecule has 1 aliphatic rings. The first kappa shape index (κ1) is 27.4. The third kappa shape index (κ3) is 6.32. The van der Waals surface area contributed by atoms with E-state index in [4.69, 9.17) is 16.9 Å². The summed E-state index contributed by atoms with van der Waals surface area (Å²) in [5.41, 5.74) is 2.80. The zero-order valence-corrected chi connectivity index (χ0v) is 21.2. The molecule has 0 radical (unpaired) electrons. The highest BCUT2D eigenvalue weighted by molar-refractivity contribution is 6.31. The molecule has 1 heterocycles. The highest BCUT2D eigenvalue weighted by Gasteiger charge is 2.36. The van der Waals surface area contributed by atoms with Gasteiger partial charge in [-0.05, 0) is 48.2 Å². The van der Waals surface area contributed by atoms with Crippen molar-refractivity contribution in [2.24, 2.45) is 0 Å². The monoisotopic (exact) mass is 523 g/mol. The Morgan fingerprint density at radius 3 is 2.65 bits per heavy atom. The molecule has 0 aromatic heterocycles. The number of fused-ring (bicyclic) bond motifs is 1. The summed E-state index contributed by atoms with van der Waals surface area (Å²) in [4.78, 5) is 64.1. The smallest absolute Gasteiger partial charge is 0.328 e. The Morgan fingerprint density at radius 1 is 1.24 bits per heavy atom. The van der Waals surface area contributed by atoms with E-state index < -0.39 is 24.4 Å². The van der Waals surface area contributed by atoms with E-state index in [9.17, 15) is 24.0 Å². The molecule has 1 unspecified atom stereocenters. The van der Waals surface area contributed by atoms with Crippen LogP contribution in [0.4, 0.5) is 10.5 Å². The number of nitriles is 1. The van der Waals surface area contributed by atoms with Crippen LogP contribution in [0.3, 0.4) is 0 Å². The molecule has 2 aromatic rings. The van der Waals surface area contributed by atoms with E-state index in [0.29, 0.717) is 33.7 Å². The molecule has 0 spiro atoms. The van der Waals surface area contributed by atoms with Gasteiger partial charge in [0.2, 0.25) is 11.8 Å². The van der Waals surface area contributed by atoms with Crippen molar-refractivity contribution >= 4 is 47.3 Å². The Hall–Kier alpha value is -4.23. The van der Waals surface area contributed by atoms with E-state index in [1.165, 1.54) is 11.9 Å². The van der Waals surface area contributed by atoms with Gasteiger partial charge in [-0.3, -0.25) is 19.3 Å². The molecular formula is C26H26ClN5O5. The maximum atomic E-state index is 13.0. The second kappa shape index (κ2) is 12.1. The molecule has 1 atom stereocenters. The summed E-state index contributed by atoms with van der Waals surface area (Å²) in [7, 11) is 1.46. The van der Waals surface area contributed by atoms with Crippen molar-refractivity contribution in [2.75, 3.05) is 12.4 Å². The van der Waals surface area contributed by atoms with Crippen molar-refractivity contribution in [1.29, 1.82) is 5.26 Å². The number of carbonyl (C=O) groups is 5. The maximum Gasteiger partial charge on any atom is 0.328 e. The number of amides is 5. The fraction of sp³-hybridized carbons (Fsp3) is 0.308. The van der Waals surface area contributed by atoms with E-state index in [2.05, 4.69) is 10.6 Å². The second-order valence-electron chi connectivity index (χ2n) is 8.51. The average Bonchev–Trinajstić information content (AvgIpc) is 3.20. The lowest BCUT2D eigenvalue weighted by molar-refractivity contribution is -0.127. The Labute approximate surface area is 219 Å². The van der Waals surface area contributed by atoms with Crippen LogP contribution < -0.4 is 10.6 Å². The van der Waals surface area contributed by atoms with Crippen molar-refractivity contribution in [1.82, 2.24) is 15.1 Å². The van der Waals surface area contributed by atoms with Crippen molar-refractivity contribution in [2.45, 2.75) is 45.3 Å². The number of nitrogens with zero attached hydrogens (tertiary/aromatic N) is 3. The molecule has 0 saturated carbocycles. The molecule has 5 amide bonds. The molecule has 3 rings (SSSR count). The maximum absolute atomic E-state index is 13.0. The minimum atomic E-state index is -0.806. The van der Waals surface area contributed by atoms with Gasteiger partial charge in [0.1, 0.15) is 18.7 Å². The van der Waals surface area contributed by atoms with Gasteiger partial charge in [0.15, 0.2) is 0 Å². The number of rotatable bonds is 9. The molecule has 11 heteroatoms. The van der Waals surface area contributed by atoms with Crippen LogP contribution in [0.5, 0.6) is 0 Å². The van der Waals surface area contributed by atoms with E-state index in [-0.39, 0.29) is 37.7 Å². The summed E-state index contributed by atoms with van der Waals surface area (Å²) in [6, 6.07) is 10.0. The molecule has 0 bridgehead atoms. The van der Waals surface area contributed by atoms with Crippen LogP contribution in [0.2, 0.25) is 5.02 Å². The first-order valence-electron chi connectivity index (χ1n) is 11.5. The molecule has 37 heavy (non-hydrogen) atoms. The number of benzene rings is 2. The van der Waals surface area contributed by atoms with Crippen LogP contribution in [0.25, 0.3) is 0 Å². The van der Waals surface area contributed by atoms with Crippen molar-refractivity contribution < 1.29 is 24.0 Å². The van der Waals surface area contributed by atoms with Gasteiger partial charge in [-0.2, -0.15) is 5.26 Å². The van der Waals surface area contributed by atoms with Crippen LogP contribution in [0.15, 0.2) is 36.4 Å². The Kier molecular flexibility index (Phi) is 8.98. The number of anilines is 1. The number of likely N-dealkylation sites (N-methyl/N-ethyl adjacent to an activating group) is 1. The number of carbonyl (C=O) groups excluding carboxylic acids is 5. The number of hydrogen-bond donors (Lipinski definition) is 2. The standard InChI is InChI=1S/C26H26ClN5O5/c1-16-5-7-19(13-21(16)27)30-26(37)32(23(34)9-10-28)14-17-6-8-20-18(12-17)15-31(25(20)36)22(4-3-11-33)24(35)29-2/h5-8,11-13,22H,3-4,9,14-15H2,1-2H3,(H,29,35)(H,30,37). The minimum Gasteiger partial charge on any atom is -0.357 e. The fourth-order valence-corrected chi connectivity index (χ4v) is 4.23. The van der Waals surface area contributed by atoms with Crippen molar-refractivity contribution in [3.05, 3.63) is 63.7 Å².